The van der Waals surface area contributed by atoms with E-state index >= 15 is 0 Å². The normalized spacial score (nSPS) is 14.2. The highest BCUT2D eigenvalue weighted by Crippen LogP contribution is 2.43. The van der Waals surface area contributed by atoms with E-state index in [0.717, 1.165) is 36.1 Å². The maximum Gasteiger partial charge on any atom is 0.349 e. The van der Waals surface area contributed by atoms with Gasteiger partial charge in [-0.25, -0.2) is 4.79 Å². The lowest BCUT2D eigenvalue weighted by Crippen LogP contribution is -2.21. The minimum Gasteiger partial charge on any atom is -0.494 e. The van der Waals surface area contributed by atoms with Gasteiger partial charge in [0, 0.05) is 11.6 Å². The number of nitriles is 1. The first kappa shape index (κ1) is 25.6. The second-order valence-corrected chi connectivity index (χ2v) is 8.66. The highest BCUT2D eigenvalue weighted by molar-refractivity contribution is 5.74. The fourth-order valence-corrected chi connectivity index (χ4v) is 4.06. The number of hydrogen-bond donors (Lipinski definition) is 1. The summed E-state index contributed by atoms with van der Waals surface area (Å²) in [5.74, 6) is 1.13. The summed E-state index contributed by atoms with van der Waals surface area (Å²) in [6, 6.07) is 22.4. The number of unbranched alkanes of at least 4 members (excludes halogenated alkanes) is 1. The fraction of sp³-hybridized carbons (Fsp3) is 0.267. The molecule has 1 aliphatic rings. The van der Waals surface area contributed by atoms with Gasteiger partial charge < -0.3 is 24.7 Å². The van der Waals surface area contributed by atoms with Crippen LogP contribution in [-0.2, 0) is 11.2 Å². The van der Waals surface area contributed by atoms with E-state index in [-0.39, 0.29) is 12.5 Å². The molecule has 0 fully saturated rings. The molecule has 7 heteroatoms. The topological polar surface area (TPSA) is 104 Å². The van der Waals surface area contributed by atoms with Gasteiger partial charge in [0.2, 0.25) is 5.88 Å². The van der Waals surface area contributed by atoms with Gasteiger partial charge in [-0.1, -0.05) is 50.6 Å². The molecule has 1 aliphatic heterocycles. The molecule has 0 saturated heterocycles. The van der Waals surface area contributed by atoms with Crippen molar-refractivity contribution in [3.8, 4) is 29.1 Å². The van der Waals surface area contributed by atoms with Crippen LogP contribution in [0.5, 0.6) is 23.0 Å². The van der Waals surface area contributed by atoms with Crippen molar-refractivity contribution in [2.45, 2.75) is 39.0 Å². The molecule has 3 aromatic rings. The number of allylic oxidation sites excluding steroid dienone is 1. The molecule has 7 nitrogen and oxygen atoms in total. The summed E-state index contributed by atoms with van der Waals surface area (Å²) in [7, 11) is 0. The van der Waals surface area contributed by atoms with Crippen LogP contribution in [-0.4, -0.2) is 19.2 Å². The van der Waals surface area contributed by atoms with Crippen molar-refractivity contribution in [3.05, 3.63) is 94.9 Å². The van der Waals surface area contributed by atoms with Gasteiger partial charge in [0.15, 0.2) is 6.61 Å². The quantitative estimate of drug-likeness (QED) is 0.219. The molecule has 190 valence electrons. The SMILES string of the molecule is CCCCOc1ccc(C2C(C#N)=C(N)Oc3cc(OC(=O)COc4ccc(CC)cc4)ccc32)cc1. The predicted molar refractivity (Wildman–Crippen MR) is 140 cm³/mol. The molecule has 4 rings (SSSR count). The first-order valence-corrected chi connectivity index (χ1v) is 12.4. The molecule has 37 heavy (non-hydrogen) atoms. The van der Waals surface area contributed by atoms with Crippen LogP contribution in [0.2, 0.25) is 0 Å². The Balaban J connectivity index is 1.48. The summed E-state index contributed by atoms with van der Waals surface area (Å²) < 4.78 is 22.5. The third-order valence-corrected chi connectivity index (χ3v) is 6.09. The third-order valence-electron chi connectivity index (χ3n) is 6.09. The molecule has 1 atom stereocenters. The Morgan fingerprint density at radius 2 is 1.65 bits per heavy atom. The smallest absolute Gasteiger partial charge is 0.349 e. The van der Waals surface area contributed by atoms with Gasteiger partial charge >= 0.3 is 5.97 Å². The molecular formula is C30H30N2O5. The van der Waals surface area contributed by atoms with Crippen LogP contribution in [0.4, 0.5) is 0 Å². The Hall–Kier alpha value is -4.44. The van der Waals surface area contributed by atoms with Crippen molar-refractivity contribution in [1.82, 2.24) is 0 Å². The maximum absolute atomic E-state index is 12.4. The molecular weight excluding hydrogens is 468 g/mol. The highest BCUT2D eigenvalue weighted by atomic mass is 16.6. The van der Waals surface area contributed by atoms with Crippen LogP contribution >= 0.6 is 0 Å². The number of nitrogens with zero attached hydrogens (tertiary/aromatic N) is 1. The minimum atomic E-state index is -0.549. The van der Waals surface area contributed by atoms with Crippen molar-refractivity contribution in [1.29, 1.82) is 5.26 Å². The highest BCUT2D eigenvalue weighted by Gasteiger charge is 2.31. The largest absolute Gasteiger partial charge is 0.494 e. The van der Waals surface area contributed by atoms with Gasteiger partial charge in [-0.15, -0.1) is 0 Å². The third kappa shape index (κ3) is 6.22. The molecule has 2 N–H and O–H groups in total. The standard InChI is InChI=1S/C30H30N2O5/c1-3-5-16-34-22-12-8-21(9-13-22)29-25-15-14-24(17-27(25)37-30(32)26(29)18-31)36-28(33)19-35-23-10-6-20(4-2)7-11-23/h6-15,17,29H,3-5,16,19,32H2,1-2H3. The Labute approximate surface area is 217 Å². The van der Waals surface area contributed by atoms with Crippen molar-refractivity contribution < 1.29 is 23.7 Å². The Bertz CT molecular complexity index is 1310. The second-order valence-electron chi connectivity index (χ2n) is 8.66. The number of rotatable bonds is 10. The van der Waals surface area contributed by atoms with Crippen molar-refractivity contribution in [3.63, 3.8) is 0 Å². The second kappa shape index (κ2) is 12.0. The monoisotopic (exact) mass is 498 g/mol. The van der Waals surface area contributed by atoms with E-state index in [1.807, 2.05) is 48.5 Å². The summed E-state index contributed by atoms with van der Waals surface area (Å²) in [5.41, 5.74) is 9.24. The lowest BCUT2D eigenvalue weighted by atomic mass is 9.83. The molecule has 0 amide bonds. The average molecular weight is 499 g/mol. The minimum absolute atomic E-state index is 0.0191. The molecule has 0 aromatic heterocycles. The van der Waals surface area contributed by atoms with Gasteiger partial charge in [0.1, 0.15) is 34.6 Å². The van der Waals surface area contributed by atoms with E-state index in [1.165, 1.54) is 5.56 Å². The zero-order valence-electron chi connectivity index (χ0n) is 21.0. The van der Waals surface area contributed by atoms with E-state index in [9.17, 15) is 10.1 Å². The first-order chi connectivity index (χ1) is 18.0. The number of aryl methyl sites for hydroxylation is 1. The Morgan fingerprint density at radius 3 is 2.32 bits per heavy atom. The van der Waals surface area contributed by atoms with E-state index < -0.39 is 11.9 Å². The van der Waals surface area contributed by atoms with E-state index in [2.05, 4.69) is 19.9 Å². The maximum atomic E-state index is 12.4. The number of hydrogen-bond acceptors (Lipinski definition) is 7. The van der Waals surface area contributed by atoms with Gasteiger partial charge in [0.25, 0.3) is 0 Å². The summed E-state index contributed by atoms with van der Waals surface area (Å²) in [4.78, 5) is 12.4. The average Bonchev–Trinajstić information content (AvgIpc) is 2.92. The van der Waals surface area contributed by atoms with Crippen LogP contribution in [0.3, 0.4) is 0 Å². The number of benzene rings is 3. The number of fused-ring (bicyclic) bond motifs is 1. The molecule has 0 bridgehead atoms. The van der Waals surface area contributed by atoms with E-state index in [0.29, 0.717) is 29.4 Å². The van der Waals surface area contributed by atoms with Crippen LogP contribution in [0, 0.1) is 11.3 Å². The van der Waals surface area contributed by atoms with Crippen molar-refractivity contribution in [2.24, 2.45) is 5.73 Å². The molecule has 0 saturated carbocycles. The molecule has 0 spiro atoms. The van der Waals surface area contributed by atoms with Gasteiger partial charge in [0.05, 0.1) is 12.5 Å². The van der Waals surface area contributed by atoms with Crippen LogP contribution in [0.15, 0.2) is 78.2 Å². The summed E-state index contributed by atoms with van der Waals surface area (Å²) >= 11 is 0. The summed E-state index contributed by atoms with van der Waals surface area (Å²) in [6.07, 6.45) is 2.97. The molecule has 3 aromatic carbocycles. The molecule has 0 radical (unpaired) electrons. The van der Waals surface area contributed by atoms with Crippen LogP contribution in [0.1, 0.15) is 49.3 Å². The van der Waals surface area contributed by atoms with Crippen LogP contribution < -0.4 is 24.7 Å². The number of ether oxygens (including phenoxy) is 4. The molecule has 1 unspecified atom stereocenters. The van der Waals surface area contributed by atoms with E-state index in [1.54, 1.807) is 18.2 Å². The number of nitrogens with two attached hydrogens (primary N) is 1. The van der Waals surface area contributed by atoms with Crippen molar-refractivity contribution in [2.75, 3.05) is 13.2 Å². The summed E-state index contributed by atoms with van der Waals surface area (Å²) in [6.45, 7) is 4.60. The molecule has 0 aliphatic carbocycles. The zero-order valence-corrected chi connectivity index (χ0v) is 21.0. The predicted octanol–water partition coefficient (Wildman–Crippen LogP) is 5.63. The van der Waals surface area contributed by atoms with Gasteiger partial charge in [-0.2, -0.15) is 5.26 Å². The number of carbonyl (C=O) groups is 1. The Kier molecular flexibility index (Phi) is 8.32. The van der Waals surface area contributed by atoms with E-state index in [4.69, 9.17) is 24.7 Å². The van der Waals surface area contributed by atoms with Crippen LogP contribution in [0.25, 0.3) is 0 Å². The van der Waals surface area contributed by atoms with Crippen molar-refractivity contribution >= 4 is 5.97 Å². The Morgan fingerprint density at radius 1 is 0.973 bits per heavy atom. The first-order valence-electron chi connectivity index (χ1n) is 12.4. The number of esters is 1. The fourth-order valence-electron chi connectivity index (χ4n) is 4.06. The lowest BCUT2D eigenvalue weighted by Gasteiger charge is -2.26. The summed E-state index contributed by atoms with van der Waals surface area (Å²) in [5, 5.41) is 9.80. The lowest BCUT2D eigenvalue weighted by molar-refractivity contribution is -0.136. The van der Waals surface area contributed by atoms with Gasteiger partial charge in [-0.05, 0) is 54.3 Å². The number of carbonyl (C=O) groups excluding carboxylic acids is 1. The zero-order chi connectivity index (χ0) is 26.2. The van der Waals surface area contributed by atoms with Gasteiger partial charge in [-0.3, -0.25) is 0 Å². The molecule has 1 heterocycles.